The minimum Gasteiger partial charge on any atom is -0.467 e. The summed E-state index contributed by atoms with van der Waals surface area (Å²) in [5.41, 5.74) is 1.63. The number of Topliss-reactive ketones (excluding diaryl/α,β-unsaturated/α-hetero) is 1. The number of carbonyl (C=O) groups excluding carboxylic acids is 3. The van der Waals surface area contributed by atoms with E-state index in [0.717, 1.165) is 5.52 Å². The summed E-state index contributed by atoms with van der Waals surface area (Å²) in [4.78, 5) is 46.3. The summed E-state index contributed by atoms with van der Waals surface area (Å²) in [6.07, 6.45) is 4.61. The van der Waals surface area contributed by atoms with Crippen LogP contribution in [-0.4, -0.2) is 45.8 Å². The average molecular weight is 340 g/mol. The molecule has 0 aliphatic carbocycles. The lowest BCUT2D eigenvalue weighted by atomic mass is 10.1. The first-order chi connectivity index (χ1) is 12.1. The summed E-state index contributed by atoms with van der Waals surface area (Å²) < 4.78 is 4.70. The van der Waals surface area contributed by atoms with Crippen molar-refractivity contribution in [2.75, 3.05) is 7.11 Å². The van der Waals surface area contributed by atoms with Crippen LogP contribution < -0.4 is 5.32 Å². The highest BCUT2D eigenvalue weighted by Crippen LogP contribution is 2.18. The number of H-pyrrole nitrogens is 2. The lowest BCUT2D eigenvalue weighted by molar-refractivity contribution is -0.144. The first kappa shape index (κ1) is 16.4. The predicted octanol–water partition coefficient (Wildman–Crippen LogP) is 0.974. The van der Waals surface area contributed by atoms with Crippen molar-refractivity contribution in [2.24, 2.45) is 0 Å². The maximum Gasteiger partial charge on any atom is 0.328 e. The van der Waals surface area contributed by atoms with Crippen LogP contribution >= 0.6 is 0 Å². The summed E-state index contributed by atoms with van der Waals surface area (Å²) in [5, 5.41) is 3.08. The Morgan fingerprint density at radius 2 is 2.04 bits per heavy atom. The fourth-order valence-electron chi connectivity index (χ4n) is 2.56. The number of amides is 1. The van der Waals surface area contributed by atoms with Crippen LogP contribution in [0.5, 0.6) is 0 Å². The van der Waals surface area contributed by atoms with Gasteiger partial charge < -0.3 is 20.0 Å². The molecule has 25 heavy (non-hydrogen) atoms. The normalized spacial score (nSPS) is 11.9. The number of esters is 1. The van der Waals surface area contributed by atoms with Crippen LogP contribution in [0.25, 0.3) is 10.9 Å². The molecular formula is C17H16N4O4. The van der Waals surface area contributed by atoms with Crippen molar-refractivity contribution in [1.82, 2.24) is 20.3 Å². The number of rotatable bonds is 6. The molecule has 1 atom stereocenters. The number of hydrogen-bond donors (Lipinski definition) is 3. The van der Waals surface area contributed by atoms with Gasteiger partial charge in [-0.1, -0.05) is 18.2 Å². The van der Waals surface area contributed by atoms with E-state index < -0.39 is 23.7 Å². The highest BCUT2D eigenvalue weighted by atomic mass is 16.5. The Labute approximate surface area is 142 Å². The van der Waals surface area contributed by atoms with E-state index in [1.807, 2.05) is 6.07 Å². The number of nitrogens with one attached hydrogen (secondary N) is 3. The van der Waals surface area contributed by atoms with Crippen molar-refractivity contribution < 1.29 is 19.1 Å². The number of benzene rings is 1. The molecule has 8 nitrogen and oxygen atoms in total. The van der Waals surface area contributed by atoms with Gasteiger partial charge in [0, 0.05) is 35.4 Å². The Morgan fingerprint density at radius 3 is 2.76 bits per heavy atom. The molecule has 0 saturated carbocycles. The second-order valence-electron chi connectivity index (χ2n) is 5.41. The first-order valence-electron chi connectivity index (χ1n) is 7.56. The van der Waals surface area contributed by atoms with Gasteiger partial charge in [-0.05, 0) is 6.07 Å². The average Bonchev–Trinajstić information content (AvgIpc) is 3.29. The van der Waals surface area contributed by atoms with Crippen LogP contribution in [0, 0.1) is 0 Å². The molecule has 2 heterocycles. The van der Waals surface area contributed by atoms with Crippen LogP contribution in [0.1, 0.15) is 16.1 Å². The third-order valence-corrected chi connectivity index (χ3v) is 3.81. The number of hydrogen-bond acceptors (Lipinski definition) is 5. The number of imidazole rings is 1. The standard InChI is InChI=1S/C17H16N4O4/c1-25-17(24)14(6-10-7-18-9-20-10)21-16(23)15(22)12-8-19-13-5-3-2-4-11(12)13/h2-5,7-9,14,19H,6H2,1H3,(H,18,20)(H,21,23)/t14-/m1/s1. The zero-order valence-electron chi connectivity index (χ0n) is 13.4. The molecule has 8 heteroatoms. The van der Waals surface area contributed by atoms with Crippen LogP contribution in [0.15, 0.2) is 43.0 Å². The summed E-state index contributed by atoms with van der Waals surface area (Å²) >= 11 is 0. The number of ketones is 1. The maximum atomic E-state index is 12.5. The summed E-state index contributed by atoms with van der Waals surface area (Å²) in [6.45, 7) is 0. The van der Waals surface area contributed by atoms with Crippen LogP contribution in [0.4, 0.5) is 0 Å². The Hall–Kier alpha value is -3.42. The van der Waals surface area contributed by atoms with Gasteiger partial charge in [-0.3, -0.25) is 9.59 Å². The van der Waals surface area contributed by atoms with Gasteiger partial charge in [-0.25, -0.2) is 9.78 Å². The third-order valence-electron chi connectivity index (χ3n) is 3.81. The fourth-order valence-corrected chi connectivity index (χ4v) is 2.56. The maximum absolute atomic E-state index is 12.5. The highest BCUT2D eigenvalue weighted by molar-refractivity contribution is 6.45. The van der Waals surface area contributed by atoms with Gasteiger partial charge in [0.2, 0.25) is 0 Å². The molecule has 0 spiro atoms. The number of aromatic nitrogens is 3. The van der Waals surface area contributed by atoms with Gasteiger partial charge in [0.05, 0.1) is 19.0 Å². The second kappa shape index (κ2) is 7.00. The van der Waals surface area contributed by atoms with Gasteiger partial charge in [-0.15, -0.1) is 0 Å². The van der Waals surface area contributed by atoms with Crippen LogP contribution in [0.3, 0.4) is 0 Å². The molecule has 3 N–H and O–H groups in total. The van der Waals surface area contributed by atoms with E-state index in [2.05, 4.69) is 20.3 Å². The SMILES string of the molecule is COC(=O)[C@@H](Cc1cnc[nH]1)NC(=O)C(=O)c1c[nH]c2ccccc12. The predicted molar refractivity (Wildman–Crippen MR) is 88.9 cm³/mol. The Morgan fingerprint density at radius 1 is 1.24 bits per heavy atom. The molecule has 3 aromatic rings. The molecule has 1 amide bonds. The molecule has 0 bridgehead atoms. The van der Waals surface area contributed by atoms with Gasteiger partial charge in [0.1, 0.15) is 6.04 Å². The van der Waals surface area contributed by atoms with E-state index in [0.29, 0.717) is 11.1 Å². The molecule has 0 unspecified atom stereocenters. The summed E-state index contributed by atoms with van der Waals surface area (Å²) in [5.74, 6) is -2.25. The Kier molecular flexibility index (Phi) is 4.60. The molecule has 0 aliphatic rings. The monoisotopic (exact) mass is 340 g/mol. The smallest absolute Gasteiger partial charge is 0.328 e. The summed E-state index contributed by atoms with van der Waals surface area (Å²) in [6, 6.07) is 6.16. The van der Waals surface area contributed by atoms with E-state index >= 15 is 0 Å². The van der Waals surface area contributed by atoms with Gasteiger partial charge in [0.25, 0.3) is 11.7 Å². The molecule has 0 fully saturated rings. The van der Waals surface area contributed by atoms with Crippen molar-refractivity contribution in [3.63, 3.8) is 0 Å². The zero-order valence-corrected chi connectivity index (χ0v) is 13.4. The van der Waals surface area contributed by atoms with Crippen molar-refractivity contribution >= 4 is 28.6 Å². The van der Waals surface area contributed by atoms with E-state index in [1.165, 1.54) is 25.8 Å². The second-order valence-corrected chi connectivity index (χ2v) is 5.41. The number of methoxy groups -OCH3 is 1. The third kappa shape index (κ3) is 3.42. The number of nitrogens with zero attached hydrogens (tertiary/aromatic N) is 1. The largest absolute Gasteiger partial charge is 0.467 e. The van der Waals surface area contributed by atoms with Gasteiger partial charge >= 0.3 is 5.97 Å². The molecule has 2 aromatic heterocycles. The number of carbonyl (C=O) groups is 3. The summed E-state index contributed by atoms with van der Waals surface area (Å²) in [7, 11) is 1.22. The van der Waals surface area contributed by atoms with Crippen molar-refractivity contribution in [3.05, 3.63) is 54.2 Å². The van der Waals surface area contributed by atoms with Crippen LogP contribution in [-0.2, 0) is 20.7 Å². The fraction of sp³-hybridized carbons (Fsp3) is 0.176. The number of fused-ring (bicyclic) bond motifs is 1. The highest BCUT2D eigenvalue weighted by Gasteiger charge is 2.27. The molecule has 1 aromatic carbocycles. The molecule has 128 valence electrons. The Bertz CT molecular complexity index is 914. The number of para-hydroxylation sites is 1. The topological polar surface area (TPSA) is 117 Å². The first-order valence-corrected chi connectivity index (χ1v) is 7.56. The molecule has 0 saturated heterocycles. The van der Waals surface area contributed by atoms with E-state index in [4.69, 9.17) is 4.74 Å². The minimum atomic E-state index is -0.993. The minimum absolute atomic E-state index is 0.138. The van der Waals surface area contributed by atoms with Crippen LogP contribution in [0.2, 0.25) is 0 Å². The lowest BCUT2D eigenvalue weighted by Gasteiger charge is -2.15. The van der Waals surface area contributed by atoms with E-state index in [9.17, 15) is 14.4 Å². The molecule has 0 aliphatic heterocycles. The quantitative estimate of drug-likeness (QED) is 0.351. The van der Waals surface area contributed by atoms with Crippen molar-refractivity contribution in [1.29, 1.82) is 0 Å². The zero-order chi connectivity index (χ0) is 17.8. The van der Waals surface area contributed by atoms with Crippen molar-refractivity contribution in [2.45, 2.75) is 12.5 Å². The molecular weight excluding hydrogens is 324 g/mol. The number of ether oxygens (including phenoxy) is 1. The molecule has 3 rings (SSSR count). The van der Waals surface area contributed by atoms with E-state index in [1.54, 1.807) is 18.2 Å². The Balaban J connectivity index is 1.78. The van der Waals surface area contributed by atoms with E-state index in [-0.39, 0.29) is 12.0 Å². The van der Waals surface area contributed by atoms with Gasteiger partial charge in [0.15, 0.2) is 0 Å². The molecule has 0 radical (unpaired) electrons. The number of aromatic amines is 2. The lowest BCUT2D eigenvalue weighted by Crippen LogP contribution is -2.45. The van der Waals surface area contributed by atoms with Gasteiger partial charge in [-0.2, -0.15) is 0 Å². The van der Waals surface area contributed by atoms with Crippen molar-refractivity contribution in [3.8, 4) is 0 Å².